The quantitative estimate of drug-likeness (QED) is 0.429. The Kier molecular flexibility index (Phi) is 5.84. The summed E-state index contributed by atoms with van der Waals surface area (Å²) in [5.74, 6) is -0.736. The number of para-hydroxylation sites is 2. The number of benzene rings is 3. The number of rotatable bonds is 6. The molecule has 204 valence electrons. The lowest BCUT2D eigenvalue weighted by atomic mass is 9.67. The fraction of sp³-hybridized carbons (Fsp3) is 0.406. The molecule has 4 saturated heterocycles. The molecule has 4 atom stereocenters. The molecule has 2 amide bonds. The fourth-order valence-corrected chi connectivity index (χ4v) is 7.40. The van der Waals surface area contributed by atoms with E-state index >= 15 is 0 Å². The van der Waals surface area contributed by atoms with Crippen LogP contribution in [0.15, 0.2) is 60.7 Å². The van der Waals surface area contributed by atoms with Gasteiger partial charge in [0.2, 0.25) is 11.8 Å². The van der Waals surface area contributed by atoms with E-state index in [2.05, 4.69) is 17.0 Å². The number of nitrogens with zero attached hydrogens (tertiary/aromatic N) is 3. The van der Waals surface area contributed by atoms with Crippen LogP contribution in [0.4, 0.5) is 11.4 Å². The number of carbonyl (C=O) groups excluding carboxylic acids is 2. The Morgan fingerprint density at radius 3 is 2.45 bits per heavy atom. The molecular formula is C32H31N3O5. The second kappa shape index (κ2) is 9.33. The molecule has 0 radical (unpaired) electrons. The number of anilines is 2. The molecule has 4 heterocycles. The molecule has 7 rings (SSSR count). The number of carbonyl (C=O) groups is 2. The highest BCUT2D eigenvalue weighted by Gasteiger charge is 2.73. The maximum Gasteiger partial charge on any atom is 0.240 e. The third-order valence-corrected chi connectivity index (χ3v) is 9.27. The van der Waals surface area contributed by atoms with E-state index in [1.165, 1.54) is 4.90 Å². The highest BCUT2D eigenvalue weighted by Crippen LogP contribution is 2.62. The molecule has 0 aromatic heterocycles. The van der Waals surface area contributed by atoms with Crippen molar-refractivity contribution in [3.63, 3.8) is 0 Å². The number of fused-ring (bicyclic) bond motifs is 6. The third-order valence-electron chi connectivity index (χ3n) is 9.27. The van der Waals surface area contributed by atoms with Crippen molar-refractivity contribution < 1.29 is 23.8 Å². The molecule has 0 spiro atoms. The van der Waals surface area contributed by atoms with Crippen LogP contribution in [0, 0.1) is 23.2 Å². The summed E-state index contributed by atoms with van der Waals surface area (Å²) in [6.45, 7) is 5.35. The van der Waals surface area contributed by atoms with Crippen LogP contribution in [-0.4, -0.2) is 55.9 Å². The van der Waals surface area contributed by atoms with E-state index < -0.39 is 23.0 Å². The van der Waals surface area contributed by atoms with Gasteiger partial charge in [0.05, 0.1) is 65.9 Å². The van der Waals surface area contributed by atoms with Gasteiger partial charge in [0.1, 0.15) is 5.75 Å². The molecule has 2 bridgehead atoms. The minimum atomic E-state index is -0.753. The van der Waals surface area contributed by atoms with Crippen molar-refractivity contribution in [1.29, 1.82) is 5.26 Å². The Balaban J connectivity index is 1.17. The topological polar surface area (TPSA) is 92.1 Å². The minimum absolute atomic E-state index is 0.215. The van der Waals surface area contributed by atoms with E-state index in [-0.39, 0.29) is 11.8 Å². The predicted molar refractivity (Wildman–Crippen MR) is 149 cm³/mol. The van der Waals surface area contributed by atoms with Crippen molar-refractivity contribution in [3.05, 3.63) is 66.2 Å². The monoisotopic (exact) mass is 537 g/mol. The van der Waals surface area contributed by atoms with Gasteiger partial charge in [-0.1, -0.05) is 36.4 Å². The van der Waals surface area contributed by atoms with Gasteiger partial charge in [0.15, 0.2) is 0 Å². The fourth-order valence-electron chi connectivity index (χ4n) is 7.40. The number of hydrogen-bond acceptors (Lipinski definition) is 7. The lowest BCUT2D eigenvalue weighted by molar-refractivity contribution is -0.131. The van der Waals surface area contributed by atoms with Crippen molar-refractivity contribution in [2.45, 2.75) is 37.4 Å². The van der Waals surface area contributed by atoms with E-state index in [9.17, 15) is 14.9 Å². The van der Waals surface area contributed by atoms with Gasteiger partial charge in [0, 0.05) is 30.3 Å². The lowest BCUT2D eigenvalue weighted by Crippen LogP contribution is -2.43. The summed E-state index contributed by atoms with van der Waals surface area (Å²) in [6.07, 6.45) is 1.95. The van der Waals surface area contributed by atoms with E-state index in [0.717, 1.165) is 41.7 Å². The molecule has 0 aliphatic carbocycles. The van der Waals surface area contributed by atoms with Crippen LogP contribution in [0.25, 0.3) is 10.8 Å². The molecule has 8 heteroatoms. The van der Waals surface area contributed by atoms with Gasteiger partial charge in [-0.15, -0.1) is 0 Å². The number of morpholine rings is 1. The number of hydrogen-bond donors (Lipinski definition) is 0. The SMILES string of the molecule is C[C@@]12CC[C@@](CCOc3ccccc3N3CCOCC3)(O1)[C@H]1C(=O)N(c3ccc(C#N)c4ccccc34)C(=O)[C@H]12. The Morgan fingerprint density at radius 2 is 1.65 bits per heavy atom. The highest BCUT2D eigenvalue weighted by atomic mass is 16.5. The average molecular weight is 538 g/mol. The maximum absolute atomic E-state index is 14.1. The van der Waals surface area contributed by atoms with Crippen molar-refractivity contribution >= 4 is 34.0 Å². The largest absolute Gasteiger partial charge is 0.491 e. The average Bonchev–Trinajstić information content (AvgIpc) is 3.57. The van der Waals surface area contributed by atoms with Gasteiger partial charge in [0.25, 0.3) is 0 Å². The molecule has 40 heavy (non-hydrogen) atoms. The van der Waals surface area contributed by atoms with Gasteiger partial charge < -0.3 is 19.1 Å². The van der Waals surface area contributed by atoms with Crippen LogP contribution in [0.2, 0.25) is 0 Å². The molecule has 4 fully saturated rings. The van der Waals surface area contributed by atoms with Crippen LogP contribution in [0.1, 0.15) is 31.7 Å². The molecule has 0 saturated carbocycles. The lowest BCUT2D eigenvalue weighted by Gasteiger charge is -2.32. The molecule has 0 N–H and O–H groups in total. The standard InChI is InChI=1S/C32H31N3O5/c1-31-12-13-32(40-31,14-17-39-26-9-5-4-8-25(26)34-15-18-38-19-16-34)28-27(31)29(36)35(30(28)37)24-11-10-21(20-33)22-6-2-3-7-23(22)24/h2-11,27-28H,12-19H2,1H3/t27-,28+,31-,32-/m0/s1. The Morgan fingerprint density at radius 1 is 0.925 bits per heavy atom. The number of amides is 2. The van der Waals surface area contributed by atoms with Gasteiger partial charge in [-0.05, 0) is 44.0 Å². The number of nitriles is 1. The Labute approximate surface area is 233 Å². The van der Waals surface area contributed by atoms with Crippen molar-refractivity contribution in [2.24, 2.45) is 11.8 Å². The zero-order valence-corrected chi connectivity index (χ0v) is 22.5. The van der Waals surface area contributed by atoms with Crippen molar-refractivity contribution in [1.82, 2.24) is 0 Å². The molecule has 3 aromatic carbocycles. The third kappa shape index (κ3) is 3.65. The van der Waals surface area contributed by atoms with E-state index in [1.807, 2.05) is 49.4 Å². The summed E-state index contributed by atoms with van der Waals surface area (Å²) >= 11 is 0. The first-order chi connectivity index (χ1) is 19.5. The molecular weight excluding hydrogens is 506 g/mol. The highest BCUT2D eigenvalue weighted by molar-refractivity contribution is 6.26. The predicted octanol–water partition coefficient (Wildman–Crippen LogP) is 4.44. The van der Waals surface area contributed by atoms with Gasteiger partial charge in [-0.25, -0.2) is 4.90 Å². The first-order valence-corrected chi connectivity index (χ1v) is 14.0. The van der Waals surface area contributed by atoms with Gasteiger partial charge >= 0.3 is 0 Å². The molecule has 0 unspecified atom stereocenters. The normalized spacial score (nSPS) is 29.2. The summed E-state index contributed by atoms with van der Waals surface area (Å²) < 4.78 is 18.5. The first-order valence-electron chi connectivity index (χ1n) is 14.0. The molecule has 4 aliphatic heterocycles. The zero-order valence-electron chi connectivity index (χ0n) is 22.5. The summed E-state index contributed by atoms with van der Waals surface area (Å²) in [4.78, 5) is 31.7. The second-order valence-electron chi connectivity index (χ2n) is 11.4. The van der Waals surface area contributed by atoms with E-state index in [4.69, 9.17) is 14.2 Å². The van der Waals surface area contributed by atoms with Gasteiger partial charge in [-0.3, -0.25) is 9.59 Å². The minimum Gasteiger partial charge on any atom is -0.491 e. The zero-order chi connectivity index (χ0) is 27.5. The van der Waals surface area contributed by atoms with Crippen molar-refractivity contribution in [3.8, 4) is 11.8 Å². The van der Waals surface area contributed by atoms with Crippen LogP contribution >= 0.6 is 0 Å². The Hall–Kier alpha value is -3.93. The molecule has 3 aromatic rings. The van der Waals surface area contributed by atoms with Crippen LogP contribution in [0.5, 0.6) is 5.75 Å². The summed E-state index contributed by atoms with van der Waals surface area (Å²) in [7, 11) is 0. The van der Waals surface area contributed by atoms with Gasteiger partial charge in [-0.2, -0.15) is 5.26 Å². The van der Waals surface area contributed by atoms with Crippen LogP contribution in [0.3, 0.4) is 0 Å². The number of imide groups is 1. The second-order valence-corrected chi connectivity index (χ2v) is 11.4. The summed E-state index contributed by atoms with van der Waals surface area (Å²) in [6, 6.07) is 21.1. The van der Waals surface area contributed by atoms with E-state index in [0.29, 0.717) is 43.9 Å². The van der Waals surface area contributed by atoms with E-state index in [1.54, 1.807) is 12.1 Å². The summed E-state index contributed by atoms with van der Waals surface area (Å²) in [5, 5.41) is 11.0. The first kappa shape index (κ1) is 25.1. The molecule has 4 aliphatic rings. The molecule has 8 nitrogen and oxygen atoms in total. The summed E-state index contributed by atoms with van der Waals surface area (Å²) in [5.41, 5.74) is 0.640. The van der Waals surface area contributed by atoms with Crippen molar-refractivity contribution in [2.75, 3.05) is 42.7 Å². The Bertz CT molecular complexity index is 1560. The van der Waals surface area contributed by atoms with Crippen LogP contribution < -0.4 is 14.5 Å². The smallest absolute Gasteiger partial charge is 0.240 e. The maximum atomic E-state index is 14.1. The van der Waals surface area contributed by atoms with Crippen LogP contribution in [-0.2, 0) is 19.1 Å². The number of ether oxygens (including phenoxy) is 3.